The number of hydrogen-bond acceptors (Lipinski definition) is 3. The SMILES string of the molecule is COC(=O)c1cc(Br)cc(C#Cc2ccccc2N)c1. The van der Waals surface area contributed by atoms with Gasteiger partial charge in [0.15, 0.2) is 0 Å². The molecule has 4 heteroatoms. The Morgan fingerprint density at radius 2 is 1.95 bits per heavy atom. The molecular formula is C16H12BrNO2. The summed E-state index contributed by atoms with van der Waals surface area (Å²) in [4.78, 5) is 11.5. The monoisotopic (exact) mass is 329 g/mol. The molecule has 0 amide bonds. The number of carbonyl (C=O) groups is 1. The molecule has 0 aliphatic carbocycles. The maximum atomic E-state index is 11.5. The smallest absolute Gasteiger partial charge is 0.337 e. The molecule has 0 bridgehead atoms. The van der Waals surface area contributed by atoms with Gasteiger partial charge >= 0.3 is 5.97 Å². The zero-order chi connectivity index (χ0) is 14.5. The summed E-state index contributed by atoms with van der Waals surface area (Å²) in [7, 11) is 1.35. The van der Waals surface area contributed by atoms with Crippen LogP contribution in [0.3, 0.4) is 0 Å². The van der Waals surface area contributed by atoms with Gasteiger partial charge in [-0.2, -0.15) is 0 Å². The molecule has 0 fully saturated rings. The second kappa shape index (κ2) is 6.27. The molecule has 3 nitrogen and oxygen atoms in total. The standard InChI is InChI=1S/C16H12BrNO2/c1-20-16(19)13-8-11(9-14(17)10-13)6-7-12-4-2-3-5-15(12)18/h2-5,8-10H,18H2,1H3. The molecule has 0 saturated carbocycles. The number of anilines is 1. The zero-order valence-corrected chi connectivity index (χ0v) is 12.4. The summed E-state index contributed by atoms with van der Waals surface area (Å²) in [5, 5.41) is 0. The third kappa shape index (κ3) is 3.40. The minimum Gasteiger partial charge on any atom is -0.465 e. The van der Waals surface area contributed by atoms with Gasteiger partial charge in [0.05, 0.1) is 12.7 Å². The van der Waals surface area contributed by atoms with Crippen molar-refractivity contribution in [1.82, 2.24) is 0 Å². The predicted molar refractivity (Wildman–Crippen MR) is 82.3 cm³/mol. The van der Waals surface area contributed by atoms with Crippen LogP contribution in [0.1, 0.15) is 21.5 Å². The molecule has 0 aliphatic heterocycles. The second-order valence-electron chi connectivity index (χ2n) is 4.06. The average Bonchev–Trinajstić information content (AvgIpc) is 2.45. The number of rotatable bonds is 1. The molecule has 0 radical (unpaired) electrons. The topological polar surface area (TPSA) is 52.3 Å². The number of para-hydroxylation sites is 1. The van der Waals surface area contributed by atoms with Crippen molar-refractivity contribution in [2.75, 3.05) is 12.8 Å². The van der Waals surface area contributed by atoms with Gasteiger partial charge in [-0.05, 0) is 30.3 Å². The largest absolute Gasteiger partial charge is 0.465 e. The molecule has 0 aromatic heterocycles. The number of esters is 1. The molecule has 0 heterocycles. The van der Waals surface area contributed by atoms with E-state index in [4.69, 9.17) is 10.5 Å². The average molecular weight is 330 g/mol. The first kappa shape index (κ1) is 14.2. The number of benzene rings is 2. The molecular weight excluding hydrogens is 318 g/mol. The quantitative estimate of drug-likeness (QED) is 0.496. The van der Waals surface area contributed by atoms with Crippen molar-refractivity contribution in [2.24, 2.45) is 0 Å². The third-order valence-corrected chi connectivity index (χ3v) is 3.08. The predicted octanol–water partition coefficient (Wildman–Crippen LogP) is 3.22. The summed E-state index contributed by atoms with van der Waals surface area (Å²) >= 11 is 3.35. The third-order valence-electron chi connectivity index (χ3n) is 2.62. The van der Waals surface area contributed by atoms with E-state index in [-0.39, 0.29) is 0 Å². The van der Waals surface area contributed by atoms with Crippen LogP contribution in [0.15, 0.2) is 46.9 Å². The molecule has 0 aliphatic rings. The lowest BCUT2D eigenvalue weighted by atomic mass is 10.1. The first-order chi connectivity index (χ1) is 9.60. The highest BCUT2D eigenvalue weighted by Gasteiger charge is 2.07. The van der Waals surface area contributed by atoms with Gasteiger partial charge < -0.3 is 10.5 Å². The summed E-state index contributed by atoms with van der Waals surface area (Å²) in [5.74, 6) is 5.59. The molecule has 2 aromatic carbocycles. The molecule has 100 valence electrons. The molecule has 2 N–H and O–H groups in total. The number of methoxy groups -OCH3 is 1. The number of hydrogen-bond donors (Lipinski definition) is 1. The number of ether oxygens (including phenoxy) is 1. The highest BCUT2D eigenvalue weighted by atomic mass is 79.9. The van der Waals surface area contributed by atoms with Crippen molar-refractivity contribution in [3.63, 3.8) is 0 Å². The van der Waals surface area contributed by atoms with Gasteiger partial charge in [0, 0.05) is 21.3 Å². The van der Waals surface area contributed by atoms with Crippen molar-refractivity contribution >= 4 is 27.6 Å². The van der Waals surface area contributed by atoms with E-state index in [2.05, 4.69) is 27.8 Å². The van der Waals surface area contributed by atoms with Crippen molar-refractivity contribution < 1.29 is 9.53 Å². The van der Waals surface area contributed by atoms with Gasteiger partial charge in [0.1, 0.15) is 0 Å². The van der Waals surface area contributed by atoms with Crippen LogP contribution in [-0.4, -0.2) is 13.1 Å². The Balaban J connectivity index is 2.38. The maximum absolute atomic E-state index is 11.5. The van der Waals surface area contributed by atoms with Gasteiger partial charge in [-0.25, -0.2) is 4.79 Å². The normalized spacial score (nSPS) is 9.50. The summed E-state index contributed by atoms with van der Waals surface area (Å²) in [6.45, 7) is 0. The van der Waals surface area contributed by atoms with Crippen LogP contribution in [0, 0.1) is 11.8 Å². The molecule has 0 spiro atoms. The Morgan fingerprint density at radius 1 is 1.20 bits per heavy atom. The first-order valence-electron chi connectivity index (χ1n) is 5.85. The second-order valence-corrected chi connectivity index (χ2v) is 4.97. The van der Waals surface area contributed by atoms with Crippen LogP contribution in [0.5, 0.6) is 0 Å². The van der Waals surface area contributed by atoms with Crippen LogP contribution in [-0.2, 0) is 4.74 Å². The van der Waals surface area contributed by atoms with Crippen LogP contribution in [0.2, 0.25) is 0 Å². The minimum absolute atomic E-state index is 0.395. The lowest BCUT2D eigenvalue weighted by molar-refractivity contribution is 0.0600. The molecule has 2 rings (SSSR count). The van der Waals surface area contributed by atoms with E-state index in [9.17, 15) is 4.79 Å². The summed E-state index contributed by atoms with van der Waals surface area (Å²) < 4.78 is 5.47. The lowest BCUT2D eigenvalue weighted by Crippen LogP contribution is -2.01. The minimum atomic E-state index is -0.395. The molecule has 0 atom stereocenters. The molecule has 2 aromatic rings. The number of carbonyl (C=O) groups excluding carboxylic acids is 1. The van der Waals surface area contributed by atoms with Gasteiger partial charge in [-0.15, -0.1) is 0 Å². The van der Waals surface area contributed by atoms with Crippen LogP contribution in [0.25, 0.3) is 0 Å². The van der Waals surface area contributed by atoms with E-state index in [1.54, 1.807) is 18.2 Å². The summed E-state index contributed by atoms with van der Waals surface area (Å²) in [6.07, 6.45) is 0. The van der Waals surface area contributed by atoms with E-state index in [0.29, 0.717) is 16.8 Å². The Hall–Kier alpha value is -2.25. The molecule has 0 unspecified atom stereocenters. The maximum Gasteiger partial charge on any atom is 0.337 e. The van der Waals surface area contributed by atoms with Crippen LogP contribution >= 0.6 is 15.9 Å². The fraction of sp³-hybridized carbons (Fsp3) is 0.0625. The van der Waals surface area contributed by atoms with Gasteiger partial charge in [-0.3, -0.25) is 0 Å². The van der Waals surface area contributed by atoms with Crippen LogP contribution < -0.4 is 5.73 Å². The van der Waals surface area contributed by atoms with E-state index < -0.39 is 5.97 Å². The zero-order valence-electron chi connectivity index (χ0n) is 10.8. The highest BCUT2D eigenvalue weighted by Crippen LogP contribution is 2.16. The Kier molecular flexibility index (Phi) is 4.44. The van der Waals surface area contributed by atoms with E-state index in [1.807, 2.05) is 24.3 Å². The molecule has 0 saturated heterocycles. The van der Waals surface area contributed by atoms with Gasteiger partial charge in [0.25, 0.3) is 0 Å². The van der Waals surface area contributed by atoms with Crippen molar-refractivity contribution in [3.05, 3.63) is 63.6 Å². The van der Waals surface area contributed by atoms with Gasteiger partial charge in [0.2, 0.25) is 0 Å². The Morgan fingerprint density at radius 3 is 2.65 bits per heavy atom. The van der Waals surface area contributed by atoms with E-state index in [0.717, 1.165) is 10.0 Å². The van der Waals surface area contributed by atoms with Gasteiger partial charge in [-0.1, -0.05) is 39.9 Å². The fourth-order valence-corrected chi connectivity index (χ4v) is 2.14. The summed E-state index contributed by atoms with van der Waals surface area (Å²) in [6, 6.07) is 12.6. The fourth-order valence-electron chi connectivity index (χ4n) is 1.65. The number of nitrogens with two attached hydrogens (primary N) is 1. The Labute approximate surface area is 125 Å². The summed E-state index contributed by atoms with van der Waals surface area (Å²) in [5.41, 5.74) is 8.38. The first-order valence-corrected chi connectivity index (χ1v) is 6.65. The van der Waals surface area contributed by atoms with E-state index in [1.165, 1.54) is 7.11 Å². The van der Waals surface area contributed by atoms with Crippen molar-refractivity contribution in [1.29, 1.82) is 0 Å². The Bertz CT molecular complexity index is 714. The molecule has 20 heavy (non-hydrogen) atoms. The van der Waals surface area contributed by atoms with Crippen molar-refractivity contribution in [3.8, 4) is 11.8 Å². The highest BCUT2D eigenvalue weighted by molar-refractivity contribution is 9.10. The van der Waals surface area contributed by atoms with Crippen molar-refractivity contribution in [2.45, 2.75) is 0 Å². The van der Waals surface area contributed by atoms with E-state index >= 15 is 0 Å². The number of nitrogen functional groups attached to an aromatic ring is 1. The van der Waals surface area contributed by atoms with Crippen LogP contribution in [0.4, 0.5) is 5.69 Å². The number of halogens is 1. The lowest BCUT2D eigenvalue weighted by Gasteiger charge is -2.01.